The van der Waals surface area contributed by atoms with Crippen molar-refractivity contribution in [2.45, 2.75) is 50.1 Å². The van der Waals surface area contributed by atoms with Gasteiger partial charge in [-0.05, 0) is 29.7 Å². The second-order valence-electron chi connectivity index (χ2n) is 8.21. The van der Waals surface area contributed by atoms with E-state index in [-0.39, 0.29) is 24.4 Å². The quantitative estimate of drug-likeness (QED) is 0.687. The number of nitrogens with zero attached hydrogens (tertiary/aromatic N) is 1. The number of aliphatic hydroxyl groups is 1. The van der Waals surface area contributed by atoms with Gasteiger partial charge in [0.2, 0.25) is 5.91 Å². The maximum absolute atomic E-state index is 12.5. The molecular weight excluding hydrogens is 416 g/mol. The lowest BCUT2D eigenvalue weighted by atomic mass is 9.97. The molecule has 1 aliphatic heterocycles. The van der Waals surface area contributed by atoms with Crippen LogP contribution in [0.5, 0.6) is 5.75 Å². The number of carbonyl (C=O) groups is 1. The van der Waals surface area contributed by atoms with E-state index in [0.29, 0.717) is 23.8 Å². The number of amides is 1. The first kappa shape index (κ1) is 22.1. The number of hydrogen-bond acceptors (Lipinski definition) is 5. The molecule has 1 aliphatic carbocycles. The first-order valence-electron chi connectivity index (χ1n) is 10.7. The third-order valence-corrected chi connectivity index (χ3v) is 6.52. The van der Waals surface area contributed by atoms with Gasteiger partial charge < -0.3 is 19.9 Å². The number of methoxy groups -OCH3 is 1. The molecule has 1 heterocycles. The van der Waals surface area contributed by atoms with Crippen LogP contribution in [0, 0.1) is 0 Å². The van der Waals surface area contributed by atoms with Gasteiger partial charge in [-0.3, -0.25) is 9.69 Å². The Labute approximate surface area is 188 Å². The molecule has 0 saturated heterocycles. The van der Waals surface area contributed by atoms with Gasteiger partial charge in [0.25, 0.3) is 0 Å². The summed E-state index contributed by atoms with van der Waals surface area (Å²) < 4.78 is 11.2. The highest BCUT2D eigenvalue weighted by Gasteiger charge is 2.48. The maximum atomic E-state index is 12.5. The summed E-state index contributed by atoms with van der Waals surface area (Å²) in [6, 6.07) is 15.2. The molecule has 7 heteroatoms. The molecule has 0 aromatic heterocycles. The third kappa shape index (κ3) is 5.04. The van der Waals surface area contributed by atoms with Crippen LogP contribution < -0.4 is 10.1 Å². The van der Waals surface area contributed by atoms with Gasteiger partial charge in [0.15, 0.2) is 0 Å². The van der Waals surface area contributed by atoms with E-state index in [4.69, 9.17) is 21.1 Å². The van der Waals surface area contributed by atoms with E-state index in [2.05, 4.69) is 28.4 Å². The van der Waals surface area contributed by atoms with Gasteiger partial charge >= 0.3 is 0 Å². The number of rotatable bonds is 7. The average molecular weight is 445 g/mol. The van der Waals surface area contributed by atoms with Gasteiger partial charge in [0.05, 0.1) is 23.7 Å². The summed E-state index contributed by atoms with van der Waals surface area (Å²) in [5.41, 5.74) is 2.61. The smallest absolute Gasteiger partial charge is 0.222 e. The second kappa shape index (κ2) is 10.0. The normalized spacial score (nSPS) is 25.8. The summed E-state index contributed by atoms with van der Waals surface area (Å²) >= 11 is 6.27. The van der Waals surface area contributed by atoms with Crippen LogP contribution in [0.15, 0.2) is 48.5 Å². The van der Waals surface area contributed by atoms with Gasteiger partial charge in [-0.2, -0.15) is 0 Å². The molecule has 4 atom stereocenters. The summed E-state index contributed by atoms with van der Waals surface area (Å²) in [6.45, 7) is 1.92. The van der Waals surface area contributed by atoms with E-state index in [1.54, 1.807) is 19.2 Å². The number of hydrogen-bond donors (Lipinski definition) is 2. The van der Waals surface area contributed by atoms with E-state index in [9.17, 15) is 9.90 Å². The fourth-order valence-electron chi connectivity index (χ4n) is 4.67. The van der Waals surface area contributed by atoms with Gasteiger partial charge in [0.1, 0.15) is 18.0 Å². The molecule has 6 nitrogen and oxygen atoms in total. The Bertz CT molecular complexity index is 909. The molecule has 2 aromatic rings. The van der Waals surface area contributed by atoms with E-state index >= 15 is 0 Å². The third-order valence-electron chi connectivity index (χ3n) is 6.21. The molecule has 0 unspecified atom stereocenters. The average Bonchev–Trinajstić information content (AvgIpc) is 3.08. The Morgan fingerprint density at radius 1 is 1.19 bits per heavy atom. The van der Waals surface area contributed by atoms with Gasteiger partial charge in [-0.15, -0.1) is 0 Å². The molecule has 1 saturated carbocycles. The predicted molar refractivity (Wildman–Crippen MR) is 119 cm³/mol. The van der Waals surface area contributed by atoms with Crippen molar-refractivity contribution in [2.75, 3.05) is 20.3 Å². The van der Waals surface area contributed by atoms with Crippen molar-refractivity contribution < 1.29 is 19.4 Å². The van der Waals surface area contributed by atoms with Crippen molar-refractivity contribution in [1.29, 1.82) is 0 Å². The minimum atomic E-state index is -0.755. The molecule has 31 heavy (non-hydrogen) atoms. The minimum absolute atomic E-state index is 0.0835. The van der Waals surface area contributed by atoms with Gasteiger partial charge in [-0.1, -0.05) is 48.0 Å². The molecular formula is C24H29ClN2O4. The number of benzene rings is 2. The van der Waals surface area contributed by atoms with Crippen LogP contribution in [0.4, 0.5) is 0 Å². The van der Waals surface area contributed by atoms with Crippen LogP contribution in [0.1, 0.15) is 24.0 Å². The molecule has 2 aromatic carbocycles. The summed E-state index contributed by atoms with van der Waals surface area (Å²) in [6.07, 6.45) is 0.492. The number of aliphatic hydroxyl groups excluding tert-OH is 1. The molecule has 0 radical (unpaired) electrons. The Morgan fingerprint density at radius 3 is 2.71 bits per heavy atom. The summed E-state index contributed by atoms with van der Waals surface area (Å²) in [7, 11) is 1.58. The predicted octanol–water partition coefficient (Wildman–Crippen LogP) is 2.80. The van der Waals surface area contributed by atoms with E-state index < -0.39 is 12.2 Å². The minimum Gasteiger partial charge on any atom is -0.486 e. The SMILES string of the molecule is COCCC(=O)N[C@@H]1C[C@@H](Oc2ccccc2Cl)[C@H](O)[C@H]1N1CCc2ccccc2C1. The van der Waals surface area contributed by atoms with Crippen molar-refractivity contribution >= 4 is 17.5 Å². The number of para-hydroxylation sites is 1. The van der Waals surface area contributed by atoms with E-state index in [0.717, 1.165) is 19.5 Å². The molecule has 1 fully saturated rings. The topological polar surface area (TPSA) is 71.0 Å². The molecule has 0 bridgehead atoms. The lowest BCUT2D eigenvalue weighted by molar-refractivity contribution is -0.123. The Hall–Kier alpha value is -2.12. The molecule has 2 aliphatic rings. The fourth-order valence-corrected chi connectivity index (χ4v) is 4.85. The van der Waals surface area contributed by atoms with Gasteiger partial charge in [-0.25, -0.2) is 0 Å². The van der Waals surface area contributed by atoms with Crippen molar-refractivity contribution in [1.82, 2.24) is 10.2 Å². The fraction of sp³-hybridized carbons (Fsp3) is 0.458. The standard InChI is InChI=1S/C24H29ClN2O4/c1-30-13-11-22(28)26-19-14-21(31-20-9-5-4-8-18(20)25)24(29)23(19)27-12-10-16-6-2-3-7-17(16)15-27/h2-9,19,21,23-24,29H,10-15H2,1H3,(H,26,28)/t19-,21-,23+,24+/m1/s1. The molecule has 0 spiro atoms. The number of carbonyl (C=O) groups excluding carboxylic acids is 1. The van der Waals surface area contributed by atoms with Crippen molar-refractivity contribution in [2.24, 2.45) is 0 Å². The Morgan fingerprint density at radius 2 is 1.94 bits per heavy atom. The second-order valence-corrected chi connectivity index (χ2v) is 8.62. The van der Waals surface area contributed by atoms with Crippen molar-refractivity contribution in [3.63, 3.8) is 0 Å². The zero-order valence-electron chi connectivity index (χ0n) is 17.7. The van der Waals surface area contributed by atoms with Crippen LogP contribution in [0.25, 0.3) is 0 Å². The van der Waals surface area contributed by atoms with Gasteiger partial charge in [0, 0.05) is 33.0 Å². The number of fused-ring (bicyclic) bond motifs is 1. The van der Waals surface area contributed by atoms with E-state index in [1.807, 2.05) is 18.2 Å². The molecule has 1 amide bonds. The molecule has 2 N–H and O–H groups in total. The highest BCUT2D eigenvalue weighted by atomic mass is 35.5. The first-order valence-corrected chi connectivity index (χ1v) is 11.1. The largest absolute Gasteiger partial charge is 0.486 e. The van der Waals surface area contributed by atoms with Crippen LogP contribution in [0.2, 0.25) is 5.02 Å². The highest BCUT2D eigenvalue weighted by Crippen LogP contribution is 2.34. The lowest BCUT2D eigenvalue weighted by Crippen LogP contribution is -2.54. The Balaban J connectivity index is 1.53. The molecule has 4 rings (SSSR count). The number of nitrogens with one attached hydrogen (secondary N) is 1. The Kier molecular flexibility index (Phi) is 7.13. The maximum Gasteiger partial charge on any atom is 0.222 e. The summed E-state index contributed by atoms with van der Waals surface area (Å²) in [4.78, 5) is 14.7. The summed E-state index contributed by atoms with van der Waals surface area (Å²) in [5.74, 6) is 0.460. The highest BCUT2D eigenvalue weighted by molar-refractivity contribution is 6.32. The summed E-state index contributed by atoms with van der Waals surface area (Å²) in [5, 5.41) is 14.9. The molecule has 166 valence electrons. The van der Waals surface area contributed by atoms with Crippen LogP contribution in [0.3, 0.4) is 0 Å². The lowest BCUT2D eigenvalue weighted by Gasteiger charge is -2.38. The van der Waals surface area contributed by atoms with Crippen molar-refractivity contribution in [3.8, 4) is 5.75 Å². The number of ether oxygens (including phenoxy) is 2. The first-order chi connectivity index (χ1) is 15.1. The number of halogens is 1. The van der Waals surface area contributed by atoms with Crippen molar-refractivity contribution in [3.05, 3.63) is 64.7 Å². The van der Waals surface area contributed by atoms with Crippen LogP contribution in [-0.4, -0.2) is 60.5 Å². The zero-order valence-corrected chi connectivity index (χ0v) is 18.4. The zero-order chi connectivity index (χ0) is 21.8. The monoisotopic (exact) mass is 444 g/mol. The van der Waals surface area contributed by atoms with Crippen LogP contribution in [-0.2, 0) is 22.5 Å². The van der Waals surface area contributed by atoms with E-state index in [1.165, 1.54) is 11.1 Å². The van der Waals surface area contributed by atoms with Crippen LogP contribution >= 0.6 is 11.6 Å².